The Morgan fingerprint density at radius 2 is 1.95 bits per heavy atom. The van der Waals surface area contributed by atoms with E-state index in [9.17, 15) is 13.2 Å². The molecule has 0 saturated heterocycles. The highest BCUT2D eigenvalue weighted by Crippen LogP contribution is 2.29. The molecule has 0 unspecified atom stereocenters. The van der Waals surface area contributed by atoms with Crippen molar-refractivity contribution in [2.45, 2.75) is 25.7 Å². The van der Waals surface area contributed by atoms with Gasteiger partial charge >= 0.3 is 0 Å². The van der Waals surface area contributed by atoms with Gasteiger partial charge in [-0.1, -0.05) is 32.4 Å². The lowest BCUT2D eigenvalue weighted by molar-refractivity contribution is 0.0939. The van der Waals surface area contributed by atoms with Gasteiger partial charge in [0.25, 0.3) is 5.91 Å². The molecule has 0 atom stereocenters. The average molecular weight is 384 g/mol. The molecule has 1 rings (SSSR count). The number of amides is 1. The first-order valence-electron chi connectivity index (χ1n) is 5.72. The Balaban J connectivity index is 3.18. The number of carbonyl (C=O) groups excluding carboxylic acids is 1. The van der Waals surface area contributed by atoms with Gasteiger partial charge in [-0.05, 0) is 33.5 Å². The zero-order chi connectivity index (χ0) is 15.7. The van der Waals surface area contributed by atoms with Crippen molar-refractivity contribution in [2.75, 3.05) is 6.54 Å². The van der Waals surface area contributed by atoms with Gasteiger partial charge in [0, 0.05) is 11.0 Å². The molecule has 20 heavy (non-hydrogen) atoms. The second kappa shape index (κ2) is 6.01. The first-order valence-corrected chi connectivity index (χ1v) is 8.43. The Morgan fingerprint density at radius 1 is 1.40 bits per heavy atom. The lowest BCUT2D eigenvalue weighted by atomic mass is 9.97. The van der Waals surface area contributed by atoms with Crippen LogP contribution in [0.2, 0.25) is 5.02 Å². The summed E-state index contributed by atoms with van der Waals surface area (Å²) in [5, 5.41) is 7.91. The first-order chi connectivity index (χ1) is 8.92. The zero-order valence-corrected chi connectivity index (χ0v) is 14.5. The van der Waals surface area contributed by atoms with E-state index < -0.39 is 15.9 Å². The van der Waals surface area contributed by atoms with Gasteiger partial charge in [0.2, 0.25) is 10.0 Å². The van der Waals surface area contributed by atoms with Gasteiger partial charge in [-0.2, -0.15) is 0 Å². The van der Waals surface area contributed by atoms with Crippen LogP contribution in [-0.2, 0) is 10.0 Å². The van der Waals surface area contributed by atoms with Crippen molar-refractivity contribution in [2.24, 2.45) is 10.6 Å². The summed E-state index contributed by atoms with van der Waals surface area (Å²) in [5.41, 5.74) is -0.0361. The van der Waals surface area contributed by atoms with Crippen molar-refractivity contribution < 1.29 is 13.2 Å². The quantitative estimate of drug-likeness (QED) is 0.840. The maximum Gasteiger partial charge on any atom is 0.252 e. The molecular formula is C12H16BrClN2O3S. The molecule has 1 amide bonds. The van der Waals surface area contributed by atoms with E-state index in [-0.39, 0.29) is 20.9 Å². The monoisotopic (exact) mass is 382 g/mol. The van der Waals surface area contributed by atoms with Crippen molar-refractivity contribution in [1.29, 1.82) is 0 Å². The van der Waals surface area contributed by atoms with Crippen molar-refractivity contribution in [1.82, 2.24) is 5.32 Å². The van der Waals surface area contributed by atoms with E-state index in [1.165, 1.54) is 12.1 Å². The van der Waals surface area contributed by atoms with Crippen LogP contribution in [-0.4, -0.2) is 20.9 Å². The summed E-state index contributed by atoms with van der Waals surface area (Å²) in [5.74, 6) is -0.448. The van der Waals surface area contributed by atoms with E-state index in [4.69, 9.17) is 16.7 Å². The summed E-state index contributed by atoms with van der Waals surface area (Å²) >= 11 is 9.13. The van der Waals surface area contributed by atoms with Crippen molar-refractivity contribution in [3.05, 3.63) is 27.2 Å². The molecule has 0 bridgehead atoms. The van der Waals surface area contributed by atoms with Gasteiger partial charge in [0.1, 0.15) is 0 Å². The van der Waals surface area contributed by atoms with E-state index in [0.29, 0.717) is 11.0 Å². The predicted molar refractivity (Wildman–Crippen MR) is 82.3 cm³/mol. The fourth-order valence-electron chi connectivity index (χ4n) is 1.33. The number of sulfonamides is 1. The van der Waals surface area contributed by atoms with Gasteiger partial charge in [-0.25, -0.2) is 13.6 Å². The zero-order valence-electron chi connectivity index (χ0n) is 11.3. The number of nitrogens with one attached hydrogen (secondary N) is 1. The molecule has 112 valence electrons. The first kappa shape index (κ1) is 17.4. The van der Waals surface area contributed by atoms with Crippen molar-refractivity contribution >= 4 is 43.5 Å². The molecule has 0 aliphatic heterocycles. The van der Waals surface area contributed by atoms with Crippen molar-refractivity contribution in [3.63, 3.8) is 0 Å². The van der Waals surface area contributed by atoms with Gasteiger partial charge < -0.3 is 5.32 Å². The van der Waals surface area contributed by atoms with Gasteiger partial charge in [0.15, 0.2) is 0 Å². The van der Waals surface area contributed by atoms with Crippen LogP contribution in [0.3, 0.4) is 0 Å². The molecule has 3 N–H and O–H groups in total. The van der Waals surface area contributed by atoms with E-state index in [2.05, 4.69) is 21.2 Å². The molecule has 0 aliphatic carbocycles. The van der Waals surface area contributed by atoms with Crippen LogP contribution < -0.4 is 10.5 Å². The highest BCUT2D eigenvalue weighted by atomic mass is 79.9. The molecule has 1 aromatic rings. The third-order valence-corrected chi connectivity index (χ3v) is 4.51. The minimum Gasteiger partial charge on any atom is -0.351 e. The van der Waals surface area contributed by atoms with Crippen LogP contribution >= 0.6 is 27.5 Å². The van der Waals surface area contributed by atoms with Crippen LogP contribution in [0.15, 0.2) is 21.5 Å². The van der Waals surface area contributed by atoms with Gasteiger partial charge in [-0.15, -0.1) is 0 Å². The van der Waals surface area contributed by atoms with Crippen LogP contribution in [0.1, 0.15) is 31.1 Å². The summed E-state index contributed by atoms with van der Waals surface area (Å²) in [6.07, 6.45) is 0. The number of hydrogen-bond acceptors (Lipinski definition) is 3. The molecule has 5 nitrogen and oxygen atoms in total. The second-order valence-corrected chi connectivity index (χ2v) is 8.35. The lowest BCUT2D eigenvalue weighted by Crippen LogP contribution is -2.32. The Labute approximate surface area is 132 Å². The molecular weight excluding hydrogens is 368 g/mol. The van der Waals surface area contributed by atoms with E-state index in [1.807, 2.05) is 20.8 Å². The molecule has 0 saturated carbocycles. The lowest BCUT2D eigenvalue weighted by Gasteiger charge is -2.19. The number of hydrogen-bond donors (Lipinski definition) is 2. The molecule has 1 aromatic carbocycles. The Hall–Kier alpha value is -0.630. The third-order valence-electron chi connectivity index (χ3n) is 2.35. The molecule has 0 aliphatic rings. The highest BCUT2D eigenvalue weighted by Gasteiger charge is 2.20. The van der Waals surface area contributed by atoms with Crippen LogP contribution in [0.25, 0.3) is 0 Å². The summed E-state index contributed by atoms with van der Waals surface area (Å²) in [6, 6.07) is 2.43. The minimum absolute atomic E-state index is 0.0642. The molecule has 8 heteroatoms. The van der Waals surface area contributed by atoms with Crippen LogP contribution in [0.5, 0.6) is 0 Å². The maximum absolute atomic E-state index is 12.1. The molecule has 0 heterocycles. The number of nitrogens with two attached hydrogens (primary N) is 1. The van der Waals surface area contributed by atoms with Gasteiger partial charge in [-0.3, -0.25) is 4.79 Å². The topological polar surface area (TPSA) is 89.3 Å². The van der Waals surface area contributed by atoms with Crippen LogP contribution in [0.4, 0.5) is 0 Å². The van der Waals surface area contributed by atoms with Crippen molar-refractivity contribution in [3.8, 4) is 0 Å². The predicted octanol–water partition coefficient (Wildman–Crippen LogP) is 2.53. The van der Waals surface area contributed by atoms with E-state index in [0.717, 1.165) is 0 Å². The Morgan fingerprint density at radius 3 is 2.40 bits per heavy atom. The standard InChI is InChI=1S/C12H16BrClN2O3S/c1-12(2,3)6-16-11(17)8-4-7(20(15,18)19)5-9(13)10(8)14/h4-5H,6H2,1-3H3,(H,16,17)(H2,15,18,19). The minimum atomic E-state index is -3.91. The molecule has 0 fully saturated rings. The summed E-state index contributed by atoms with van der Waals surface area (Å²) in [4.78, 5) is 11.9. The SMILES string of the molecule is CC(C)(C)CNC(=O)c1cc(S(N)(=O)=O)cc(Br)c1Cl. The molecule has 0 aromatic heterocycles. The Kier molecular flexibility index (Phi) is 5.23. The number of halogens is 2. The largest absolute Gasteiger partial charge is 0.351 e. The average Bonchev–Trinajstić information content (AvgIpc) is 2.27. The molecule has 0 spiro atoms. The molecule has 0 radical (unpaired) electrons. The fourth-order valence-corrected chi connectivity index (χ4v) is 2.71. The fraction of sp³-hybridized carbons (Fsp3) is 0.417. The Bertz CT molecular complexity index is 639. The summed E-state index contributed by atoms with van der Waals surface area (Å²) in [7, 11) is -3.91. The van der Waals surface area contributed by atoms with Gasteiger partial charge in [0.05, 0.1) is 15.5 Å². The number of primary sulfonamides is 1. The maximum atomic E-state index is 12.1. The van der Waals surface area contributed by atoms with E-state index >= 15 is 0 Å². The normalized spacial score (nSPS) is 12.3. The highest BCUT2D eigenvalue weighted by molar-refractivity contribution is 9.10. The third kappa shape index (κ3) is 4.73. The number of rotatable bonds is 3. The number of carbonyl (C=O) groups is 1. The van der Waals surface area contributed by atoms with E-state index in [1.54, 1.807) is 0 Å². The summed E-state index contributed by atoms with van der Waals surface area (Å²) < 4.78 is 23.0. The number of benzene rings is 1. The smallest absolute Gasteiger partial charge is 0.252 e. The second-order valence-electron chi connectivity index (χ2n) is 5.55. The van der Waals surface area contributed by atoms with Crippen LogP contribution in [0, 0.1) is 5.41 Å². The summed E-state index contributed by atoms with van der Waals surface area (Å²) in [6.45, 7) is 6.32.